The summed E-state index contributed by atoms with van der Waals surface area (Å²) in [6, 6.07) is 1.92. The number of methoxy groups -OCH3 is 2. The number of nitrogen functional groups attached to an aromatic ring is 1. The third-order valence-corrected chi connectivity index (χ3v) is 3.27. The number of benzene rings is 1. The topological polar surface area (TPSA) is 70.5 Å². The summed E-state index contributed by atoms with van der Waals surface area (Å²) in [5.74, 6) is 1.33. The van der Waals surface area contributed by atoms with Crippen LogP contribution in [0.25, 0.3) is 11.1 Å². The van der Waals surface area contributed by atoms with Gasteiger partial charge in [0.15, 0.2) is 0 Å². The van der Waals surface area contributed by atoms with Crippen LogP contribution in [0.1, 0.15) is 12.5 Å². The Balaban J connectivity index is 2.74. The maximum atomic E-state index is 6.33. The first-order valence-corrected chi connectivity index (χ1v) is 6.15. The molecule has 0 atom stereocenters. The Hall–Kier alpha value is -1.88. The van der Waals surface area contributed by atoms with Gasteiger partial charge in [-0.25, -0.2) is 0 Å². The summed E-state index contributed by atoms with van der Waals surface area (Å²) >= 11 is 6.33. The molecule has 1 aromatic carbocycles. The van der Waals surface area contributed by atoms with E-state index in [4.69, 9.17) is 31.3 Å². The number of hydrogen-bond donors (Lipinski definition) is 1. The molecule has 1 aromatic heterocycles. The smallest absolute Gasteiger partial charge is 0.230 e. The van der Waals surface area contributed by atoms with Crippen LogP contribution in [0.3, 0.4) is 0 Å². The Morgan fingerprint density at radius 3 is 2.42 bits per heavy atom. The van der Waals surface area contributed by atoms with Gasteiger partial charge in [0.25, 0.3) is 0 Å². The number of aryl methyl sites for hydroxylation is 1. The zero-order valence-electron chi connectivity index (χ0n) is 11.0. The summed E-state index contributed by atoms with van der Waals surface area (Å²) in [6.07, 6.45) is 2.31. The van der Waals surface area contributed by atoms with Gasteiger partial charge in [-0.2, -0.15) is 0 Å². The average Bonchev–Trinajstić information content (AvgIpc) is 2.83. The lowest BCUT2D eigenvalue weighted by molar-refractivity contribution is 0.392. The predicted octanol–water partition coefficient (Wildman–Crippen LogP) is 3.16. The second-order valence-electron chi connectivity index (χ2n) is 3.92. The van der Waals surface area contributed by atoms with Crippen molar-refractivity contribution in [3.05, 3.63) is 22.8 Å². The van der Waals surface area contributed by atoms with E-state index in [1.165, 1.54) is 6.20 Å². The predicted molar refractivity (Wildman–Crippen MR) is 73.8 cm³/mol. The average molecular weight is 283 g/mol. The molecule has 1 heterocycles. The molecule has 0 radical (unpaired) electrons. The Morgan fingerprint density at radius 2 is 1.95 bits per heavy atom. The van der Waals surface area contributed by atoms with E-state index in [1.54, 1.807) is 14.2 Å². The van der Waals surface area contributed by atoms with E-state index >= 15 is 0 Å². The van der Waals surface area contributed by atoms with E-state index in [1.807, 2.05) is 13.0 Å². The molecule has 6 heteroatoms. The first-order valence-electron chi connectivity index (χ1n) is 5.77. The van der Waals surface area contributed by atoms with Gasteiger partial charge in [-0.15, -0.1) is 0 Å². The molecule has 102 valence electrons. The lowest BCUT2D eigenvalue weighted by atomic mass is 10.0. The highest BCUT2D eigenvalue weighted by Gasteiger charge is 2.21. The number of rotatable bonds is 4. The lowest BCUT2D eigenvalue weighted by Crippen LogP contribution is -1.98. The molecule has 5 nitrogen and oxygen atoms in total. The molecule has 0 amide bonds. The molecular weight excluding hydrogens is 268 g/mol. The van der Waals surface area contributed by atoms with Crippen molar-refractivity contribution in [3.63, 3.8) is 0 Å². The van der Waals surface area contributed by atoms with Crippen molar-refractivity contribution in [1.29, 1.82) is 0 Å². The third kappa shape index (κ3) is 2.21. The summed E-state index contributed by atoms with van der Waals surface area (Å²) in [5.41, 5.74) is 8.10. The number of halogens is 1. The largest absolute Gasteiger partial charge is 0.495 e. The Kier molecular flexibility index (Phi) is 3.85. The number of hydrogen-bond acceptors (Lipinski definition) is 5. The molecule has 2 N–H and O–H groups in total. The summed E-state index contributed by atoms with van der Waals surface area (Å²) < 4.78 is 15.6. The number of anilines is 1. The fraction of sp³-hybridized carbons (Fsp3) is 0.308. The van der Waals surface area contributed by atoms with Gasteiger partial charge in [-0.1, -0.05) is 23.7 Å². The van der Waals surface area contributed by atoms with Crippen LogP contribution in [0.2, 0.25) is 5.02 Å². The van der Waals surface area contributed by atoms with Crippen LogP contribution in [-0.2, 0) is 6.42 Å². The summed E-state index contributed by atoms with van der Waals surface area (Å²) in [7, 11) is 3.12. The molecule has 0 bridgehead atoms. The van der Waals surface area contributed by atoms with Crippen LogP contribution in [0.5, 0.6) is 11.5 Å². The van der Waals surface area contributed by atoms with Gasteiger partial charge >= 0.3 is 0 Å². The van der Waals surface area contributed by atoms with Gasteiger partial charge in [0.05, 0.1) is 26.0 Å². The van der Waals surface area contributed by atoms with Gasteiger partial charge in [0.1, 0.15) is 16.5 Å². The second-order valence-corrected chi connectivity index (χ2v) is 4.30. The second kappa shape index (κ2) is 5.40. The van der Waals surface area contributed by atoms with Gasteiger partial charge in [0, 0.05) is 5.56 Å². The molecule has 0 saturated carbocycles. The van der Waals surface area contributed by atoms with Crippen LogP contribution in [0, 0.1) is 0 Å². The highest BCUT2D eigenvalue weighted by molar-refractivity contribution is 6.34. The van der Waals surface area contributed by atoms with Crippen molar-refractivity contribution in [3.8, 4) is 22.6 Å². The normalized spacial score (nSPS) is 10.5. The number of nitrogens with zero attached hydrogens (tertiary/aromatic N) is 1. The summed E-state index contributed by atoms with van der Waals surface area (Å²) in [5, 5.41) is 4.09. The molecule has 0 aliphatic rings. The number of nitrogens with two attached hydrogens (primary N) is 1. The van der Waals surface area contributed by atoms with Crippen LogP contribution in [0.4, 0.5) is 5.88 Å². The minimum Gasteiger partial charge on any atom is -0.495 e. The van der Waals surface area contributed by atoms with Crippen LogP contribution >= 0.6 is 11.6 Å². The van der Waals surface area contributed by atoms with E-state index in [0.717, 1.165) is 17.5 Å². The van der Waals surface area contributed by atoms with E-state index < -0.39 is 0 Å². The molecule has 2 rings (SSSR count). The van der Waals surface area contributed by atoms with Crippen LogP contribution in [0.15, 0.2) is 16.8 Å². The Labute approximate surface area is 116 Å². The van der Waals surface area contributed by atoms with E-state index in [2.05, 4.69) is 5.16 Å². The number of ether oxygens (including phenoxy) is 2. The van der Waals surface area contributed by atoms with E-state index in [0.29, 0.717) is 22.1 Å². The molecule has 0 saturated heterocycles. The van der Waals surface area contributed by atoms with Gasteiger partial charge < -0.3 is 19.7 Å². The van der Waals surface area contributed by atoms with Crippen molar-refractivity contribution in [2.24, 2.45) is 0 Å². The van der Waals surface area contributed by atoms with E-state index in [-0.39, 0.29) is 5.88 Å². The first-order chi connectivity index (χ1) is 9.13. The highest BCUT2D eigenvalue weighted by Crippen LogP contribution is 2.45. The van der Waals surface area contributed by atoms with Gasteiger partial charge in [0.2, 0.25) is 5.88 Å². The van der Waals surface area contributed by atoms with Crippen molar-refractivity contribution < 1.29 is 14.0 Å². The molecule has 0 aliphatic heterocycles. The van der Waals surface area contributed by atoms with Crippen molar-refractivity contribution in [2.45, 2.75) is 13.3 Å². The quantitative estimate of drug-likeness (QED) is 0.933. The van der Waals surface area contributed by atoms with Crippen LogP contribution < -0.4 is 15.2 Å². The maximum Gasteiger partial charge on any atom is 0.230 e. The molecule has 0 fully saturated rings. The van der Waals surface area contributed by atoms with Crippen molar-refractivity contribution >= 4 is 17.5 Å². The minimum absolute atomic E-state index is 0.224. The molecule has 0 unspecified atom stereocenters. The van der Waals surface area contributed by atoms with E-state index in [9.17, 15) is 0 Å². The summed E-state index contributed by atoms with van der Waals surface area (Å²) in [6.45, 7) is 2.02. The third-order valence-electron chi connectivity index (χ3n) is 2.93. The minimum atomic E-state index is 0.224. The maximum absolute atomic E-state index is 6.33. The summed E-state index contributed by atoms with van der Waals surface area (Å²) in [4.78, 5) is 0. The fourth-order valence-corrected chi connectivity index (χ4v) is 2.38. The Bertz CT molecular complexity index is 596. The van der Waals surface area contributed by atoms with Gasteiger partial charge in [-0.05, 0) is 18.1 Å². The highest BCUT2D eigenvalue weighted by atomic mass is 35.5. The first kappa shape index (κ1) is 13.5. The lowest BCUT2D eigenvalue weighted by Gasteiger charge is -2.16. The Morgan fingerprint density at radius 1 is 1.26 bits per heavy atom. The monoisotopic (exact) mass is 282 g/mol. The zero-order chi connectivity index (χ0) is 14.0. The molecule has 0 aliphatic carbocycles. The number of aromatic nitrogens is 1. The SMILES string of the molecule is CCc1cc(-c2cnoc2N)c(OC)c(Cl)c1OC. The molecule has 19 heavy (non-hydrogen) atoms. The van der Waals surface area contributed by atoms with Gasteiger partial charge in [-0.3, -0.25) is 0 Å². The van der Waals surface area contributed by atoms with Crippen molar-refractivity contribution in [2.75, 3.05) is 20.0 Å². The molecule has 0 spiro atoms. The van der Waals surface area contributed by atoms with Crippen molar-refractivity contribution in [1.82, 2.24) is 5.16 Å². The fourth-order valence-electron chi connectivity index (χ4n) is 2.00. The molecular formula is C13H15ClN2O3. The standard InChI is InChI=1S/C13H15ClN2O3/c1-4-7-5-8(9-6-16-19-13(9)15)12(18-3)10(14)11(7)17-2/h5-6H,4,15H2,1-3H3. The van der Waals surface area contributed by atoms with Crippen LogP contribution in [-0.4, -0.2) is 19.4 Å². The molecule has 2 aromatic rings. The zero-order valence-corrected chi connectivity index (χ0v) is 11.7.